The third-order valence-electron chi connectivity index (χ3n) is 7.34. The standard InChI is InChI=1S/C34H39N7O5S/c1-4-46-31(43)19-22(2)26-14-10-11-24(20-26)21-29(42)35-28-18-17-27(38-39-28)15-8-9-16-30-40-41-34(47-30)37-33(45)36-32(44)23(3)25-12-6-5-7-13-25/h5-7,10-14,17-18,20,22-23H,4,8-9,15-16,19,21H2,1-3H3,(H,35,39,42)(H2,36,37,41,44,45). The number of hydrogen-bond donors (Lipinski definition) is 3. The zero-order chi connectivity index (χ0) is 33.6. The summed E-state index contributed by atoms with van der Waals surface area (Å²) in [4.78, 5) is 49.1. The number of hydrogen-bond acceptors (Lipinski definition) is 10. The number of imide groups is 1. The van der Waals surface area contributed by atoms with Gasteiger partial charge in [-0.05, 0) is 67.9 Å². The molecule has 0 saturated carbocycles. The van der Waals surface area contributed by atoms with Crippen LogP contribution in [-0.2, 0) is 38.4 Å². The summed E-state index contributed by atoms with van der Waals surface area (Å²) in [5, 5.41) is 25.3. The molecule has 2 unspecified atom stereocenters. The average molecular weight is 658 g/mol. The van der Waals surface area contributed by atoms with Crippen LogP contribution in [0.4, 0.5) is 15.7 Å². The molecule has 0 aliphatic rings. The molecule has 0 spiro atoms. The fraction of sp³-hybridized carbons (Fsp3) is 0.353. The zero-order valence-corrected chi connectivity index (χ0v) is 27.5. The van der Waals surface area contributed by atoms with Crippen molar-refractivity contribution in [2.45, 2.75) is 71.1 Å². The first-order valence-electron chi connectivity index (χ1n) is 15.6. The van der Waals surface area contributed by atoms with Crippen LogP contribution in [0.25, 0.3) is 0 Å². The summed E-state index contributed by atoms with van der Waals surface area (Å²) >= 11 is 1.26. The summed E-state index contributed by atoms with van der Waals surface area (Å²) in [7, 11) is 0. The van der Waals surface area contributed by atoms with Crippen molar-refractivity contribution >= 4 is 46.1 Å². The Kier molecular flexibility index (Phi) is 13.0. The summed E-state index contributed by atoms with van der Waals surface area (Å²) in [5.74, 6) is -0.969. The Morgan fingerprint density at radius 2 is 1.60 bits per heavy atom. The minimum atomic E-state index is -0.648. The fourth-order valence-electron chi connectivity index (χ4n) is 4.76. The topological polar surface area (TPSA) is 165 Å². The molecule has 0 radical (unpaired) electrons. The number of amides is 4. The van der Waals surface area contributed by atoms with Crippen LogP contribution in [0, 0.1) is 0 Å². The monoisotopic (exact) mass is 657 g/mol. The second-order valence-corrected chi connectivity index (χ2v) is 12.1. The number of benzene rings is 2. The number of nitrogens with one attached hydrogen (secondary N) is 3. The molecular formula is C34H39N7O5S. The lowest BCUT2D eigenvalue weighted by molar-refractivity contribution is -0.143. The number of aromatic nitrogens is 4. The van der Waals surface area contributed by atoms with Crippen LogP contribution in [0.15, 0.2) is 66.7 Å². The summed E-state index contributed by atoms with van der Waals surface area (Å²) < 4.78 is 5.04. The average Bonchev–Trinajstić information content (AvgIpc) is 3.50. The highest BCUT2D eigenvalue weighted by molar-refractivity contribution is 7.15. The van der Waals surface area contributed by atoms with Gasteiger partial charge in [-0.1, -0.05) is 72.9 Å². The predicted molar refractivity (Wildman–Crippen MR) is 179 cm³/mol. The zero-order valence-electron chi connectivity index (χ0n) is 26.7. The lowest BCUT2D eigenvalue weighted by atomic mass is 9.95. The fourth-order valence-corrected chi connectivity index (χ4v) is 5.54. The Hall–Kier alpha value is -5.04. The van der Waals surface area contributed by atoms with Crippen molar-refractivity contribution < 1.29 is 23.9 Å². The Morgan fingerprint density at radius 1 is 0.830 bits per heavy atom. The number of carbonyl (C=O) groups excluding carboxylic acids is 4. The molecule has 4 aromatic rings. The van der Waals surface area contributed by atoms with E-state index in [9.17, 15) is 19.2 Å². The normalized spacial score (nSPS) is 12.1. The smallest absolute Gasteiger partial charge is 0.327 e. The highest BCUT2D eigenvalue weighted by Crippen LogP contribution is 2.22. The van der Waals surface area contributed by atoms with E-state index in [4.69, 9.17) is 4.74 Å². The highest BCUT2D eigenvalue weighted by Gasteiger charge is 2.18. The third-order valence-corrected chi connectivity index (χ3v) is 8.24. The van der Waals surface area contributed by atoms with Crippen molar-refractivity contribution in [3.8, 4) is 0 Å². The molecule has 0 aliphatic heterocycles. The maximum atomic E-state index is 12.6. The van der Waals surface area contributed by atoms with E-state index in [0.29, 0.717) is 30.4 Å². The van der Waals surface area contributed by atoms with Gasteiger partial charge in [0.25, 0.3) is 0 Å². The molecular weight excluding hydrogens is 618 g/mol. The minimum absolute atomic E-state index is 0.0194. The molecule has 246 valence electrons. The molecule has 0 aliphatic carbocycles. The van der Waals surface area contributed by atoms with Crippen LogP contribution in [0.2, 0.25) is 0 Å². The van der Waals surface area contributed by atoms with Crippen LogP contribution in [0.5, 0.6) is 0 Å². The van der Waals surface area contributed by atoms with Crippen molar-refractivity contribution in [1.29, 1.82) is 0 Å². The molecule has 2 aromatic carbocycles. The Morgan fingerprint density at radius 3 is 2.34 bits per heavy atom. The predicted octanol–water partition coefficient (Wildman–Crippen LogP) is 5.58. The molecule has 2 atom stereocenters. The number of anilines is 2. The quantitative estimate of drug-likeness (QED) is 0.109. The summed E-state index contributed by atoms with van der Waals surface area (Å²) in [6.45, 7) is 5.83. The van der Waals surface area contributed by atoms with Gasteiger partial charge in [0.05, 0.1) is 31.1 Å². The van der Waals surface area contributed by atoms with Crippen molar-refractivity contribution in [2.24, 2.45) is 0 Å². The van der Waals surface area contributed by atoms with Crippen LogP contribution >= 0.6 is 11.3 Å². The van der Waals surface area contributed by atoms with E-state index in [1.807, 2.05) is 67.6 Å². The summed E-state index contributed by atoms with van der Waals surface area (Å²) in [5.41, 5.74) is 3.43. The van der Waals surface area contributed by atoms with E-state index in [1.54, 1.807) is 19.9 Å². The first-order chi connectivity index (χ1) is 22.7. The van der Waals surface area contributed by atoms with Crippen LogP contribution < -0.4 is 16.0 Å². The number of esters is 1. The number of ether oxygens (including phenoxy) is 1. The molecule has 0 saturated heterocycles. The Balaban J connectivity index is 1.15. The molecule has 0 fully saturated rings. The summed E-state index contributed by atoms with van der Waals surface area (Å²) in [6.07, 6.45) is 3.49. The Labute approximate surface area is 277 Å². The van der Waals surface area contributed by atoms with Crippen LogP contribution in [0.3, 0.4) is 0 Å². The second kappa shape index (κ2) is 17.6. The number of rotatable bonds is 15. The molecule has 3 N–H and O–H groups in total. The van der Waals surface area contributed by atoms with Crippen molar-refractivity contribution in [3.63, 3.8) is 0 Å². The second-order valence-electron chi connectivity index (χ2n) is 11.1. The van der Waals surface area contributed by atoms with E-state index in [-0.39, 0.29) is 30.6 Å². The SMILES string of the molecule is CCOC(=O)CC(C)c1cccc(CC(=O)Nc2ccc(CCCCc3nnc(NC(=O)NC(=O)C(C)c4ccccc4)s3)nn2)c1. The molecule has 13 heteroatoms. The van der Waals surface area contributed by atoms with E-state index in [1.165, 1.54) is 11.3 Å². The van der Waals surface area contributed by atoms with E-state index >= 15 is 0 Å². The number of aryl methyl sites for hydroxylation is 2. The Bertz CT molecular complexity index is 1650. The van der Waals surface area contributed by atoms with Gasteiger partial charge in [0.1, 0.15) is 5.01 Å². The van der Waals surface area contributed by atoms with Gasteiger partial charge in [-0.2, -0.15) is 5.10 Å². The first-order valence-corrected chi connectivity index (χ1v) is 16.4. The maximum absolute atomic E-state index is 12.6. The van der Waals surface area contributed by atoms with Crippen molar-refractivity contribution in [1.82, 2.24) is 25.7 Å². The van der Waals surface area contributed by atoms with Crippen LogP contribution in [-0.4, -0.2) is 50.8 Å². The molecule has 0 bridgehead atoms. The number of unbranched alkanes of at least 4 members (excludes halogenated alkanes) is 1. The van der Waals surface area contributed by atoms with Gasteiger partial charge < -0.3 is 10.1 Å². The molecule has 12 nitrogen and oxygen atoms in total. The molecule has 2 aromatic heterocycles. The van der Waals surface area contributed by atoms with Gasteiger partial charge in [-0.15, -0.1) is 15.3 Å². The highest BCUT2D eigenvalue weighted by atomic mass is 32.1. The lowest BCUT2D eigenvalue weighted by Crippen LogP contribution is -2.36. The van der Waals surface area contributed by atoms with Gasteiger partial charge >= 0.3 is 12.0 Å². The van der Waals surface area contributed by atoms with E-state index < -0.39 is 17.9 Å². The van der Waals surface area contributed by atoms with Gasteiger partial charge in [-0.25, -0.2) is 4.79 Å². The first kappa shape index (κ1) is 34.8. The van der Waals surface area contributed by atoms with E-state index in [0.717, 1.165) is 40.2 Å². The largest absolute Gasteiger partial charge is 0.466 e. The number of carbonyl (C=O) groups is 4. The summed E-state index contributed by atoms with van der Waals surface area (Å²) in [6, 6.07) is 19.8. The molecule has 4 amide bonds. The molecule has 47 heavy (non-hydrogen) atoms. The van der Waals surface area contributed by atoms with E-state index in [2.05, 4.69) is 36.3 Å². The molecule has 2 heterocycles. The van der Waals surface area contributed by atoms with Crippen molar-refractivity contribution in [3.05, 3.63) is 94.1 Å². The van der Waals surface area contributed by atoms with Gasteiger partial charge in [-0.3, -0.25) is 25.0 Å². The lowest BCUT2D eigenvalue weighted by Gasteiger charge is -2.12. The van der Waals surface area contributed by atoms with Gasteiger partial charge in [0.15, 0.2) is 5.82 Å². The van der Waals surface area contributed by atoms with Crippen LogP contribution in [0.1, 0.15) is 79.3 Å². The van der Waals surface area contributed by atoms with Gasteiger partial charge in [0.2, 0.25) is 16.9 Å². The third kappa shape index (κ3) is 11.4. The van der Waals surface area contributed by atoms with Crippen molar-refractivity contribution in [2.75, 3.05) is 17.2 Å². The number of urea groups is 1. The molecule has 4 rings (SSSR count). The maximum Gasteiger partial charge on any atom is 0.327 e. The van der Waals surface area contributed by atoms with Gasteiger partial charge in [0, 0.05) is 6.42 Å². The number of nitrogens with zero attached hydrogens (tertiary/aromatic N) is 4. The minimum Gasteiger partial charge on any atom is -0.466 e.